The predicted molar refractivity (Wildman–Crippen MR) is 91.5 cm³/mol. The number of benzene rings is 1. The number of likely N-dealkylation sites (tertiary alicyclic amines) is 1. The van der Waals surface area contributed by atoms with Gasteiger partial charge in [-0.15, -0.1) is 10.2 Å². The maximum Gasteiger partial charge on any atom is 0.227 e. The number of aromatic nitrogens is 2. The van der Waals surface area contributed by atoms with E-state index in [0.717, 1.165) is 24.9 Å². The van der Waals surface area contributed by atoms with Gasteiger partial charge in [0.15, 0.2) is 0 Å². The van der Waals surface area contributed by atoms with Crippen molar-refractivity contribution in [3.8, 4) is 0 Å². The molecular weight excluding hydrogens is 321 g/mol. The Morgan fingerprint density at radius 2 is 2.00 bits per heavy atom. The predicted octanol–water partition coefficient (Wildman–Crippen LogP) is 3.55. The number of hydrogen-bond acceptors (Lipinski definition) is 4. The molecule has 1 aliphatic rings. The molecule has 134 valence electrons. The fourth-order valence-electron chi connectivity index (χ4n) is 3.12. The first-order valence-electron chi connectivity index (χ1n) is 8.69. The second-order valence-electron chi connectivity index (χ2n) is 7.68. The van der Waals surface area contributed by atoms with Gasteiger partial charge in [0.1, 0.15) is 5.82 Å². The van der Waals surface area contributed by atoms with Crippen LogP contribution in [0.1, 0.15) is 56.9 Å². The number of nitrogens with zero attached hydrogens (tertiary/aromatic N) is 3. The van der Waals surface area contributed by atoms with Crippen molar-refractivity contribution < 1.29 is 13.6 Å². The summed E-state index contributed by atoms with van der Waals surface area (Å²) in [7, 11) is 0. The molecule has 1 amide bonds. The Balaban J connectivity index is 1.67. The van der Waals surface area contributed by atoms with E-state index < -0.39 is 0 Å². The molecule has 5 nitrogen and oxygen atoms in total. The third-order valence-corrected chi connectivity index (χ3v) is 4.45. The van der Waals surface area contributed by atoms with Gasteiger partial charge in [0, 0.05) is 18.5 Å². The van der Waals surface area contributed by atoms with Crippen LogP contribution >= 0.6 is 0 Å². The van der Waals surface area contributed by atoms with Gasteiger partial charge in [-0.3, -0.25) is 4.79 Å². The number of amides is 1. The SMILES string of the molecule is CC(C)(C)C(=O)N1CCC[C@H](c2nnc(Cc3ccc(F)cc3)o2)C1. The van der Waals surface area contributed by atoms with Crippen molar-refractivity contribution in [3.63, 3.8) is 0 Å². The highest BCUT2D eigenvalue weighted by Gasteiger charge is 2.33. The van der Waals surface area contributed by atoms with Crippen molar-refractivity contribution in [1.29, 1.82) is 0 Å². The summed E-state index contributed by atoms with van der Waals surface area (Å²) >= 11 is 0. The zero-order valence-corrected chi connectivity index (χ0v) is 15.0. The van der Waals surface area contributed by atoms with Gasteiger partial charge >= 0.3 is 0 Å². The first kappa shape index (κ1) is 17.6. The van der Waals surface area contributed by atoms with Crippen LogP contribution in [-0.4, -0.2) is 34.1 Å². The minimum absolute atomic E-state index is 0.0783. The topological polar surface area (TPSA) is 59.2 Å². The zero-order valence-electron chi connectivity index (χ0n) is 15.0. The minimum atomic E-state index is -0.384. The summed E-state index contributed by atoms with van der Waals surface area (Å²) in [5.41, 5.74) is 0.537. The lowest BCUT2D eigenvalue weighted by Crippen LogP contribution is -2.44. The molecule has 0 unspecified atom stereocenters. The molecule has 2 aromatic rings. The average molecular weight is 345 g/mol. The molecule has 0 spiro atoms. The summed E-state index contributed by atoms with van der Waals surface area (Å²) in [6.45, 7) is 7.21. The Kier molecular flexibility index (Phi) is 4.88. The second-order valence-corrected chi connectivity index (χ2v) is 7.68. The molecule has 1 aliphatic heterocycles. The molecule has 0 N–H and O–H groups in total. The number of hydrogen-bond donors (Lipinski definition) is 0. The largest absolute Gasteiger partial charge is 0.425 e. The molecule has 1 fully saturated rings. The van der Waals surface area contributed by atoms with E-state index in [1.54, 1.807) is 12.1 Å². The molecule has 3 rings (SSSR count). The molecule has 6 heteroatoms. The van der Waals surface area contributed by atoms with E-state index in [1.807, 2.05) is 25.7 Å². The normalized spacial score (nSPS) is 18.4. The van der Waals surface area contributed by atoms with Crippen LogP contribution in [0, 0.1) is 11.2 Å². The van der Waals surface area contributed by atoms with E-state index in [0.29, 0.717) is 24.7 Å². The summed E-state index contributed by atoms with van der Waals surface area (Å²) in [6, 6.07) is 6.26. The maximum absolute atomic E-state index is 13.0. The molecule has 25 heavy (non-hydrogen) atoms. The first-order chi connectivity index (χ1) is 11.8. The summed E-state index contributed by atoms with van der Waals surface area (Å²) < 4.78 is 18.8. The molecule has 1 aromatic carbocycles. The number of halogens is 1. The standard InChI is InChI=1S/C19H24FN3O2/c1-19(2,3)18(24)23-10-4-5-14(12-23)17-22-21-16(25-17)11-13-6-8-15(20)9-7-13/h6-9,14H,4-5,10-12H2,1-3H3/t14-/m0/s1. The number of carbonyl (C=O) groups excluding carboxylic acids is 1. The summed E-state index contributed by atoms with van der Waals surface area (Å²) in [5, 5.41) is 8.29. The highest BCUT2D eigenvalue weighted by Crippen LogP contribution is 2.29. The van der Waals surface area contributed by atoms with Crippen LogP contribution in [0.15, 0.2) is 28.7 Å². The smallest absolute Gasteiger partial charge is 0.227 e. The fourth-order valence-corrected chi connectivity index (χ4v) is 3.12. The van der Waals surface area contributed by atoms with Crippen LogP contribution in [-0.2, 0) is 11.2 Å². The highest BCUT2D eigenvalue weighted by atomic mass is 19.1. The second kappa shape index (κ2) is 6.94. The van der Waals surface area contributed by atoms with E-state index in [2.05, 4.69) is 10.2 Å². The lowest BCUT2D eigenvalue weighted by atomic mass is 9.91. The Bertz CT molecular complexity index is 734. The van der Waals surface area contributed by atoms with Gasteiger partial charge in [-0.25, -0.2) is 4.39 Å². The summed E-state index contributed by atoms with van der Waals surface area (Å²) in [5.74, 6) is 1.07. The Hall–Kier alpha value is -2.24. The Labute approximate surface area is 147 Å². The van der Waals surface area contributed by atoms with Crippen molar-refractivity contribution >= 4 is 5.91 Å². The molecule has 2 heterocycles. The molecular formula is C19H24FN3O2. The van der Waals surface area contributed by atoms with E-state index in [9.17, 15) is 9.18 Å². The quantitative estimate of drug-likeness (QED) is 0.853. The minimum Gasteiger partial charge on any atom is -0.425 e. The van der Waals surface area contributed by atoms with Gasteiger partial charge in [-0.05, 0) is 30.5 Å². The molecule has 0 radical (unpaired) electrons. The van der Waals surface area contributed by atoms with E-state index in [4.69, 9.17) is 4.42 Å². The van der Waals surface area contributed by atoms with Gasteiger partial charge < -0.3 is 9.32 Å². The van der Waals surface area contributed by atoms with Crippen molar-refractivity contribution in [2.75, 3.05) is 13.1 Å². The van der Waals surface area contributed by atoms with Crippen molar-refractivity contribution in [1.82, 2.24) is 15.1 Å². The monoisotopic (exact) mass is 345 g/mol. The van der Waals surface area contributed by atoms with Gasteiger partial charge in [-0.1, -0.05) is 32.9 Å². The lowest BCUT2D eigenvalue weighted by Gasteiger charge is -2.35. The van der Waals surface area contributed by atoms with Gasteiger partial charge in [-0.2, -0.15) is 0 Å². The Morgan fingerprint density at radius 1 is 1.28 bits per heavy atom. The molecule has 1 atom stereocenters. The number of rotatable bonds is 3. The van der Waals surface area contributed by atoms with Crippen LogP contribution < -0.4 is 0 Å². The van der Waals surface area contributed by atoms with Crippen molar-refractivity contribution in [2.24, 2.45) is 5.41 Å². The number of piperidine rings is 1. The van der Waals surface area contributed by atoms with E-state index in [1.165, 1.54) is 12.1 Å². The average Bonchev–Trinajstić information content (AvgIpc) is 3.04. The van der Waals surface area contributed by atoms with Gasteiger partial charge in [0.05, 0.1) is 12.3 Å². The van der Waals surface area contributed by atoms with Crippen molar-refractivity contribution in [2.45, 2.75) is 46.0 Å². The third-order valence-electron chi connectivity index (χ3n) is 4.45. The molecule has 0 bridgehead atoms. The third kappa shape index (κ3) is 4.24. The van der Waals surface area contributed by atoms with Crippen LogP contribution in [0.3, 0.4) is 0 Å². The van der Waals surface area contributed by atoms with Crippen LogP contribution in [0.25, 0.3) is 0 Å². The fraction of sp³-hybridized carbons (Fsp3) is 0.526. The zero-order chi connectivity index (χ0) is 18.0. The van der Waals surface area contributed by atoms with Gasteiger partial charge in [0.2, 0.25) is 17.7 Å². The van der Waals surface area contributed by atoms with Crippen LogP contribution in [0.2, 0.25) is 0 Å². The van der Waals surface area contributed by atoms with Crippen LogP contribution in [0.4, 0.5) is 4.39 Å². The van der Waals surface area contributed by atoms with Crippen molar-refractivity contribution in [3.05, 3.63) is 47.4 Å². The van der Waals surface area contributed by atoms with Gasteiger partial charge in [0.25, 0.3) is 0 Å². The molecule has 0 saturated carbocycles. The van der Waals surface area contributed by atoms with Crippen LogP contribution in [0.5, 0.6) is 0 Å². The maximum atomic E-state index is 13.0. The highest BCUT2D eigenvalue weighted by molar-refractivity contribution is 5.81. The molecule has 1 saturated heterocycles. The lowest BCUT2D eigenvalue weighted by molar-refractivity contribution is -0.140. The molecule has 0 aliphatic carbocycles. The number of carbonyl (C=O) groups is 1. The molecule has 1 aromatic heterocycles. The van der Waals surface area contributed by atoms with E-state index in [-0.39, 0.29) is 23.1 Å². The summed E-state index contributed by atoms with van der Waals surface area (Å²) in [4.78, 5) is 14.4. The Morgan fingerprint density at radius 3 is 2.68 bits per heavy atom. The first-order valence-corrected chi connectivity index (χ1v) is 8.69. The summed E-state index contributed by atoms with van der Waals surface area (Å²) in [6.07, 6.45) is 2.35. The van der Waals surface area contributed by atoms with E-state index >= 15 is 0 Å².